The Morgan fingerprint density at radius 2 is 1.93 bits per heavy atom. The lowest BCUT2D eigenvalue weighted by Gasteiger charge is -2.12. The fourth-order valence-electron chi connectivity index (χ4n) is 3.70. The van der Waals surface area contributed by atoms with Crippen LogP contribution in [0.25, 0.3) is 5.65 Å². The highest BCUT2D eigenvalue weighted by Gasteiger charge is 2.31. The summed E-state index contributed by atoms with van der Waals surface area (Å²) in [5.41, 5.74) is 4.52. The third kappa shape index (κ3) is 3.17. The summed E-state index contributed by atoms with van der Waals surface area (Å²) in [5.74, 6) is -0.0827. The molecular formula is C18H22N6O3S. The van der Waals surface area contributed by atoms with Crippen LogP contribution in [0.5, 0.6) is 0 Å². The highest BCUT2D eigenvalue weighted by molar-refractivity contribution is 7.91. The summed E-state index contributed by atoms with van der Waals surface area (Å²) in [4.78, 5) is 17.2. The first-order valence-electron chi connectivity index (χ1n) is 9.06. The van der Waals surface area contributed by atoms with E-state index in [-0.39, 0.29) is 23.5 Å². The average molecular weight is 402 g/mol. The molecular weight excluding hydrogens is 380 g/mol. The SMILES string of the molecule is Cc1cc2nc(C(=O)Nc3c(C)nn(C4CCS(=O)(=O)C4)c3C)cc(C)n2n1. The Balaban J connectivity index is 1.63. The first kappa shape index (κ1) is 18.6. The molecule has 1 N–H and O–H groups in total. The van der Waals surface area contributed by atoms with Gasteiger partial charge in [0.15, 0.2) is 15.5 Å². The van der Waals surface area contributed by atoms with Crippen molar-refractivity contribution in [1.82, 2.24) is 24.4 Å². The van der Waals surface area contributed by atoms with Crippen LogP contribution in [0.2, 0.25) is 0 Å². The number of fused-ring (bicyclic) bond motifs is 1. The summed E-state index contributed by atoms with van der Waals surface area (Å²) < 4.78 is 27.0. The fourth-order valence-corrected chi connectivity index (χ4v) is 5.39. The Hall–Kier alpha value is -2.75. The second kappa shape index (κ2) is 6.40. The van der Waals surface area contributed by atoms with E-state index >= 15 is 0 Å². The van der Waals surface area contributed by atoms with Crippen LogP contribution in [-0.2, 0) is 9.84 Å². The van der Waals surface area contributed by atoms with Crippen molar-refractivity contribution < 1.29 is 13.2 Å². The van der Waals surface area contributed by atoms with Crippen molar-refractivity contribution in [1.29, 1.82) is 0 Å². The number of hydrogen-bond acceptors (Lipinski definition) is 6. The topological polar surface area (TPSA) is 111 Å². The number of nitrogens with one attached hydrogen (secondary N) is 1. The average Bonchev–Trinajstić information content (AvgIpc) is 3.25. The highest BCUT2D eigenvalue weighted by atomic mass is 32.2. The molecule has 10 heteroatoms. The molecule has 1 fully saturated rings. The van der Waals surface area contributed by atoms with Gasteiger partial charge in [-0.15, -0.1) is 0 Å². The lowest BCUT2D eigenvalue weighted by molar-refractivity contribution is 0.102. The Morgan fingerprint density at radius 1 is 1.18 bits per heavy atom. The Morgan fingerprint density at radius 3 is 2.61 bits per heavy atom. The molecule has 0 spiro atoms. The smallest absolute Gasteiger partial charge is 0.274 e. The van der Waals surface area contributed by atoms with E-state index in [0.29, 0.717) is 29.1 Å². The molecule has 4 heterocycles. The van der Waals surface area contributed by atoms with Crippen LogP contribution in [0.3, 0.4) is 0 Å². The van der Waals surface area contributed by atoms with E-state index in [4.69, 9.17) is 0 Å². The maximum atomic E-state index is 12.8. The van der Waals surface area contributed by atoms with Gasteiger partial charge in [0.2, 0.25) is 0 Å². The van der Waals surface area contributed by atoms with Crippen molar-refractivity contribution in [2.75, 3.05) is 16.8 Å². The number of hydrogen-bond donors (Lipinski definition) is 1. The molecule has 0 bridgehead atoms. The number of carbonyl (C=O) groups excluding carboxylic acids is 1. The first-order chi connectivity index (χ1) is 13.1. The standard InChI is InChI=1S/C18H22N6O3S/c1-10-7-16-19-15(8-11(2)23(16)21-10)18(25)20-17-12(3)22-24(13(17)4)14-5-6-28(26,27)9-14/h7-8,14H,5-6,9H2,1-4H3,(H,20,25). The fraction of sp³-hybridized carbons (Fsp3) is 0.444. The van der Waals surface area contributed by atoms with Crippen LogP contribution in [-0.4, -0.2) is 50.2 Å². The third-order valence-corrected chi connectivity index (χ3v) is 6.83. The molecule has 0 aliphatic carbocycles. The molecule has 1 aliphatic rings. The number of aryl methyl sites for hydroxylation is 3. The van der Waals surface area contributed by atoms with Crippen molar-refractivity contribution in [2.45, 2.75) is 40.2 Å². The second-order valence-corrected chi connectivity index (χ2v) is 9.57. The molecule has 1 amide bonds. The number of carbonyl (C=O) groups is 1. The van der Waals surface area contributed by atoms with Crippen LogP contribution >= 0.6 is 0 Å². The summed E-state index contributed by atoms with van der Waals surface area (Å²) in [6.45, 7) is 7.37. The first-order valence-corrected chi connectivity index (χ1v) is 10.9. The maximum Gasteiger partial charge on any atom is 0.274 e. The van der Waals surface area contributed by atoms with Crippen molar-refractivity contribution >= 4 is 27.1 Å². The van der Waals surface area contributed by atoms with Gasteiger partial charge in [-0.1, -0.05) is 0 Å². The number of anilines is 1. The Bertz CT molecular complexity index is 1210. The molecule has 0 saturated carbocycles. The number of aromatic nitrogens is 5. The van der Waals surface area contributed by atoms with Crippen LogP contribution < -0.4 is 5.32 Å². The Kier molecular flexibility index (Phi) is 4.25. The number of amides is 1. The normalized spacial score (nSPS) is 18.6. The van der Waals surface area contributed by atoms with Crippen molar-refractivity contribution in [3.63, 3.8) is 0 Å². The van der Waals surface area contributed by atoms with Crippen molar-refractivity contribution in [3.8, 4) is 0 Å². The lowest BCUT2D eigenvalue weighted by atomic mass is 10.2. The van der Waals surface area contributed by atoms with Gasteiger partial charge in [-0.2, -0.15) is 10.2 Å². The van der Waals surface area contributed by atoms with Crippen LogP contribution in [0, 0.1) is 27.7 Å². The minimum atomic E-state index is -3.02. The highest BCUT2D eigenvalue weighted by Crippen LogP contribution is 2.29. The molecule has 1 atom stereocenters. The second-order valence-electron chi connectivity index (χ2n) is 7.34. The zero-order valence-electron chi connectivity index (χ0n) is 16.2. The summed E-state index contributed by atoms with van der Waals surface area (Å²) in [6.07, 6.45) is 0.537. The predicted octanol–water partition coefficient (Wildman–Crippen LogP) is 1.77. The van der Waals surface area contributed by atoms with Gasteiger partial charge in [0.25, 0.3) is 5.91 Å². The molecule has 148 valence electrons. The minimum absolute atomic E-state index is 0.0837. The van der Waals surface area contributed by atoms with E-state index < -0.39 is 9.84 Å². The van der Waals surface area contributed by atoms with Crippen LogP contribution in [0.4, 0.5) is 5.69 Å². The van der Waals surface area contributed by atoms with Gasteiger partial charge in [-0.3, -0.25) is 9.48 Å². The largest absolute Gasteiger partial charge is 0.317 e. The van der Waals surface area contributed by atoms with Gasteiger partial charge in [-0.25, -0.2) is 17.9 Å². The van der Waals surface area contributed by atoms with E-state index in [0.717, 1.165) is 17.1 Å². The van der Waals surface area contributed by atoms with Crippen LogP contribution in [0.15, 0.2) is 12.1 Å². The van der Waals surface area contributed by atoms with E-state index in [2.05, 4.69) is 20.5 Å². The summed E-state index contributed by atoms with van der Waals surface area (Å²) in [7, 11) is -3.02. The molecule has 9 nitrogen and oxygen atoms in total. The quantitative estimate of drug-likeness (QED) is 0.715. The molecule has 0 radical (unpaired) electrons. The summed E-state index contributed by atoms with van der Waals surface area (Å²) in [6, 6.07) is 3.31. The number of rotatable bonds is 3. The summed E-state index contributed by atoms with van der Waals surface area (Å²) in [5, 5.41) is 11.7. The van der Waals surface area contributed by atoms with Gasteiger partial charge in [0.1, 0.15) is 5.69 Å². The zero-order chi connectivity index (χ0) is 20.2. The monoisotopic (exact) mass is 402 g/mol. The van der Waals surface area contributed by atoms with E-state index in [1.807, 2.05) is 26.8 Å². The molecule has 0 aromatic carbocycles. The molecule has 4 rings (SSSR count). The van der Waals surface area contributed by atoms with Crippen LogP contribution in [0.1, 0.15) is 45.7 Å². The predicted molar refractivity (Wildman–Crippen MR) is 104 cm³/mol. The van der Waals surface area contributed by atoms with Gasteiger partial charge in [-0.05, 0) is 40.2 Å². The van der Waals surface area contributed by atoms with E-state index in [1.54, 1.807) is 22.2 Å². The van der Waals surface area contributed by atoms with Gasteiger partial charge in [0.05, 0.1) is 40.3 Å². The lowest BCUT2D eigenvalue weighted by Crippen LogP contribution is -2.17. The third-order valence-electron chi connectivity index (χ3n) is 5.08. The van der Waals surface area contributed by atoms with Gasteiger partial charge in [0, 0.05) is 11.8 Å². The maximum absolute atomic E-state index is 12.8. The summed E-state index contributed by atoms with van der Waals surface area (Å²) >= 11 is 0. The molecule has 28 heavy (non-hydrogen) atoms. The minimum Gasteiger partial charge on any atom is -0.317 e. The van der Waals surface area contributed by atoms with E-state index in [9.17, 15) is 13.2 Å². The van der Waals surface area contributed by atoms with Gasteiger partial charge >= 0.3 is 0 Å². The Labute approximate surface area is 162 Å². The number of nitrogens with zero attached hydrogens (tertiary/aromatic N) is 5. The zero-order valence-corrected chi connectivity index (χ0v) is 17.0. The van der Waals surface area contributed by atoms with Crippen molar-refractivity contribution in [2.24, 2.45) is 0 Å². The van der Waals surface area contributed by atoms with E-state index in [1.165, 1.54) is 0 Å². The molecule has 1 unspecified atom stereocenters. The van der Waals surface area contributed by atoms with Crippen molar-refractivity contribution in [3.05, 3.63) is 40.6 Å². The van der Waals surface area contributed by atoms with Gasteiger partial charge < -0.3 is 5.32 Å². The molecule has 1 aliphatic heterocycles. The molecule has 1 saturated heterocycles. The molecule has 3 aromatic heterocycles. The molecule has 3 aromatic rings. The number of sulfone groups is 1.